The number of likely N-dealkylation sites (tertiary alicyclic amines) is 1. The Morgan fingerprint density at radius 2 is 2.16 bits per heavy atom. The van der Waals surface area contributed by atoms with Crippen LogP contribution in [0, 0.1) is 5.92 Å². The monoisotopic (exact) mass is 325 g/mol. The van der Waals surface area contributed by atoms with Crippen molar-refractivity contribution in [1.29, 1.82) is 0 Å². The zero-order chi connectivity index (χ0) is 13.7. The fourth-order valence-corrected chi connectivity index (χ4v) is 2.75. The molecule has 2 rings (SSSR count). The van der Waals surface area contributed by atoms with Gasteiger partial charge in [-0.05, 0) is 56.6 Å². The van der Waals surface area contributed by atoms with E-state index in [1.807, 2.05) is 24.3 Å². The normalized spacial score (nSPS) is 17.4. The standard InChI is InChI=1S/C14H20BrN3O/c15-12-2-1-3-13(8-12)17-14(19)10-18-6-4-11(9-16)5-7-18/h1-3,8,11H,4-7,9-10,16H2,(H,17,19). The Morgan fingerprint density at radius 1 is 1.42 bits per heavy atom. The minimum Gasteiger partial charge on any atom is -0.330 e. The number of carbonyl (C=O) groups excluding carboxylic acids is 1. The molecule has 1 aromatic rings. The van der Waals surface area contributed by atoms with Crippen LogP contribution in [0.5, 0.6) is 0 Å². The van der Waals surface area contributed by atoms with Gasteiger partial charge in [0.1, 0.15) is 0 Å². The average Bonchev–Trinajstić information content (AvgIpc) is 2.39. The van der Waals surface area contributed by atoms with Gasteiger partial charge < -0.3 is 11.1 Å². The molecule has 1 fully saturated rings. The number of anilines is 1. The van der Waals surface area contributed by atoms with Crippen LogP contribution in [0.1, 0.15) is 12.8 Å². The second kappa shape index (κ2) is 7.03. The van der Waals surface area contributed by atoms with Crippen molar-refractivity contribution < 1.29 is 4.79 Å². The molecule has 1 amide bonds. The van der Waals surface area contributed by atoms with Crippen LogP contribution in [0.4, 0.5) is 5.69 Å². The number of amides is 1. The smallest absolute Gasteiger partial charge is 0.238 e. The highest BCUT2D eigenvalue weighted by molar-refractivity contribution is 9.10. The molecule has 0 bridgehead atoms. The molecule has 0 radical (unpaired) electrons. The highest BCUT2D eigenvalue weighted by Crippen LogP contribution is 2.17. The highest BCUT2D eigenvalue weighted by Gasteiger charge is 2.19. The third kappa shape index (κ3) is 4.60. The second-order valence-corrected chi connectivity index (χ2v) is 5.93. The summed E-state index contributed by atoms with van der Waals surface area (Å²) in [5.41, 5.74) is 6.49. The molecule has 0 saturated carbocycles. The summed E-state index contributed by atoms with van der Waals surface area (Å²) in [6, 6.07) is 7.64. The van der Waals surface area contributed by atoms with Gasteiger partial charge in [-0.25, -0.2) is 0 Å². The number of carbonyl (C=O) groups is 1. The second-order valence-electron chi connectivity index (χ2n) is 5.01. The van der Waals surface area contributed by atoms with E-state index in [1.165, 1.54) is 0 Å². The molecule has 3 N–H and O–H groups in total. The number of halogens is 1. The van der Waals surface area contributed by atoms with Crippen LogP contribution < -0.4 is 11.1 Å². The predicted octanol–water partition coefficient (Wildman–Crippen LogP) is 2.06. The van der Waals surface area contributed by atoms with E-state index in [2.05, 4.69) is 26.1 Å². The third-order valence-electron chi connectivity index (χ3n) is 3.52. The summed E-state index contributed by atoms with van der Waals surface area (Å²) in [4.78, 5) is 14.1. The van der Waals surface area contributed by atoms with Gasteiger partial charge >= 0.3 is 0 Å². The number of benzene rings is 1. The van der Waals surface area contributed by atoms with Crippen LogP contribution in [0.25, 0.3) is 0 Å². The molecule has 0 aliphatic carbocycles. The maximum Gasteiger partial charge on any atom is 0.238 e. The number of piperidine rings is 1. The Balaban J connectivity index is 1.79. The van der Waals surface area contributed by atoms with Gasteiger partial charge in [-0.15, -0.1) is 0 Å². The number of nitrogens with two attached hydrogens (primary N) is 1. The first-order chi connectivity index (χ1) is 9.17. The van der Waals surface area contributed by atoms with Crippen molar-refractivity contribution >= 4 is 27.5 Å². The SMILES string of the molecule is NCC1CCN(CC(=O)Nc2cccc(Br)c2)CC1. The Morgan fingerprint density at radius 3 is 2.79 bits per heavy atom. The summed E-state index contributed by atoms with van der Waals surface area (Å²) >= 11 is 3.39. The Hall–Kier alpha value is -0.910. The minimum absolute atomic E-state index is 0.0456. The Labute approximate surface area is 122 Å². The van der Waals surface area contributed by atoms with E-state index in [-0.39, 0.29) is 5.91 Å². The Bertz CT molecular complexity index is 430. The third-order valence-corrected chi connectivity index (χ3v) is 4.01. The molecule has 1 aromatic carbocycles. The zero-order valence-corrected chi connectivity index (χ0v) is 12.5. The molecule has 1 aliphatic heterocycles. The van der Waals surface area contributed by atoms with Crippen molar-refractivity contribution in [2.24, 2.45) is 11.7 Å². The summed E-state index contributed by atoms with van der Waals surface area (Å²) in [7, 11) is 0. The van der Waals surface area contributed by atoms with Crippen molar-refractivity contribution in [3.63, 3.8) is 0 Å². The maximum atomic E-state index is 12.0. The molecule has 0 aromatic heterocycles. The zero-order valence-electron chi connectivity index (χ0n) is 10.9. The summed E-state index contributed by atoms with van der Waals surface area (Å²) in [5.74, 6) is 0.675. The van der Waals surface area contributed by atoms with E-state index >= 15 is 0 Å². The summed E-state index contributed by atoms with van der Waals surface area (Å²) in [6.07, 6.45) is 2.20. The van der Waals surface area contributed by atoms with Crippen LogP contribution in [0.3, 0.4) is 0 Å². The summed E-state index contributed by atoms with van der Waals surface area (Å²) in [6.45, 7) is 3.16. The quantitative estimate of drug-likeness (QED) is 0.890. The molecule has 1 heterocycles. The lowest BCUT2D eigenvalue weighted by atomic mass is 9.97. The van der Waals surface area contributed by atoms with Crippen LogP contribution in [-0.2, 0) is 4.79 Å². The van der Waals surface area contributed by atoms with Gasteiger partial charge in [0.05, 0.1) is 6.54 Å². The number of hydrogen-bond donors (Lipinski definition) is 2. The van der Waals surface area contributed by atoms with Crippen molar-refractivity contribution in [2.45, 2.75) is 12.8 Å². The number of nitrogens with one attached hydrogen (secondary N) is 1. The molecule has 104 valence electrons. The first kappa shape index (κ1) is 14.5. The van der Waals surface area contributed by atoms with Gasteiger partial charge in [-0.3, -0.25) is 9.69 Å². The van der Waals surface area contributed by atoms with Crippen molar-refractivity contribution in [2.75, 3.05) is 31.5 Å². The summed E-state index contributed by atoms with van der Waals surface area (Å²) in [5, 5.41) is 2.92. The van der Waals surface area contributed by atoms with Gasteiger partial charge in [0.2, 0.25) is 5.91 Å². The lowest BCUT2D eigenvalue weighted by Crippen LogP contribution is -2.40. The maximum absolute atomic E-state index is 12.0. The first-order valence-corrected chi connectivity index (χ1v) is 7.44. The van der Waals surface area contributed by atoms with E-state index in [0.717, 1.165) is 42.6 Å². The number of nitrogens with zero attached hydrogens (tertiary/aromatic N) is 1. The molecule has 0 unspecified atom stereocenters. The molecule has 0 atom stereocenters. The highest BCUT2D eigenvalue weighted by atomic mass is 79.9. The molecule has 5 heteroatoms. The molecular formula is C14H20BrN3O. The average molecular weight is 326 g/mol. The Kier molecular flexibility index (Phi) is 5.36. The van der Waals surface area contributed by atoms with Gasteiger partial charge in [0, 0.05) is 10.2 Å². The predicted molar refractivity (Wildman–Crippen MR) is 81.0 cm³/mol. The van der Waals surface area contributed by atoms with Gasteiger partial charge in [-0.2, -0.15) is 0 Å². The molecule has 4 nitrogen and oxygen atoms in total. The van der Waals surface area contributed by atoms with E-state index in [4.69, 9.17) is 5.73 Å². The van der Waals surface area contributed by atoms with Crippen molar-refractivity contribution in [1.82, 2.24) is 4.90 Å². The lowest BCUT2D eigenvalue weighted by Gasteiger charge is -2.30. The fraction of sp³-hybridized carbons (Fsp3) is 0.500. The van der Waals surface area contributed by atoms with E-state index in [0.29, 0.717) is 12.5 Å². The largest absolute Gasteiger partial charge is 0.330 e. The molecular weight excluding hydrogens is 306 g/mol. The van der Waals surface area contributed by atoms with Crippen LogP contribution in [0.15, 0.2) is 28.7 Å². The molecule has 19 heavy (non-hydrogen) atoms. The van der Waals surface area contributed by atoms with Gasteiger partial charge in [0.25, 0.3) is 0 Å². The van der Waals surface area contributed by atoms with E-state index < -0.39 is 0 Å². The molecule has 1 aliphatic rings. The van der Waals surface area contributed by atoms with Gasteiger partial charge in [-0.1, -0.05) is 22.0 Å². The van der Waals surface area contributed by atoms with Gasteiger partial charge in [0.15, 0.2) is 0 Å². The van der Waals surface area contributed by atoms with Crippen LogP contribution in [-0.4, -0.2) is 37.0 Å². The van der Waals surface area contributed by atoms with Crippen molar-refractivity contribution in [3.8, 4) is 0 Å². The number of rotatable bonds is 4. The van der Waals surface area contributed by atoms with Crippen LogP contribution >= 0.6 is 15.9 Å². The molecule has 0 spiro atoms. The first-order valence-electron chi connectivity index (χ1n) is 6.65. The molecule has 1 saturated heterocycles. The number of hydrogen-bond acceptors (Lipinski definition) is 3. The van der Waals surface area contributed by atoms with E-state index in [9.17, 15) is 4.79 Å². The lowest BCUT2D eigenvalue weighted by molar-refractivity contribution is -0.117. The topological polar surface area (TPSA) is 58.4 Å². The summed E-state index contributed by atoms with van der Waals surface area (Å²) < 4.78 is 0.967. The minimum atomic E-state index is 0.0456. The van der Waals surface area contributed by atoms with Crippen molar-refractivity contribution in [3.05, 3.63) is 28.7 Å². The van der Waals surface area contributed by atoms with Crippen LogP contribution in [0.2, 0.25) is 0 Å². The van der Waals surface area contributed by atoms with E-state index in [1.54, 1.807) is 0 Å². The fourth-order valence-electron chi connectivity index (χ4n) is 2.35.